The number of carbonyl (C=O) groups excluding carboxylic acids is 1. The van der Waals surface area contributed by atoms with Crippen LogP contribution in [0.5, 0.6) is 0 Å². The maximum absolute atomic E-state index is 12.1. The first-order chi connectivity index (χ1) is 8.31. The maximum atomic E-state index is 12.1. The Hall–Kier alpha value is -1.72. The van der Waals surface area contributed by atoms with Crippen LogP contribution in [0.1, 0.15) is 18.9 Å². The van der Waals surface area contributed by atoms with Crippen LogP contribution >= 0.6 is 0 Å². The van der Waals surface area contributed by atoms with Crippen molar-refractivity contribution in [3.05, 3.63) is 29.8 Å². The number of hydrogen-bond acceptors (Lipinski definition) is 2. The summed E-state index contributed by atoms with van der Waals surface area (Å²) in [6.45, 7) is 2.00. The molecule has 0 saturated heterocycles. The van der Waals surface area contributed by atoms with Crippen molar-refractivity contribution in [3.8, 4) is 0 Å². The molecule has 0 radical (unpaired) electrons. The second-order valence-electron chi connectivity index (χ2n) is 3.94. The smallest absolute Gasteiger partial charge is 0.397 e. The Bertz CT molecular complexity index is 418. The van der Waals surface area contributed by atoms with Crippen molar-refractivity contribution in [1.29, 1.82) is 0 Å². The summed E-state index contributed by atoms with van der Waals surface area (Å²) < 4.78 is 36.4. The first-order valence-corrected chi connectivity index (χ1v) is 5.50. The molecular weight excluding hydrogens is 245 g/mol. The molecule has 2 N–H and O–H groups in total. The van der Waals surface area contributed by atoms with Crippen molar-refractivity contribution in [2.24, 2.45) is 0 Å². The number of alkyl halides is 3. The van der Waals surface area contributed by atoms with E-state index in [2.05, 4.69) is 0 Å². The average Bonchev–Trinajstić information content (AvgIpc) is 2.23. The third kappa shape index (κ3) is 4.65. The second-order valence-corrected chi connectivity index (χ2v) is 3.94. The van der Waals surface area contributed by atoms with Crippen molar-refractivity contribution >= 4 is 11.6 Å². The molecule has 0 spiro atoms. The number of nitrogens with two attached hydrogens (primary N) is 1. The zero-order valence-corrected chi connectivity index (χ0v) is 10.00. The van der Waals surface area contributed by atoms with Gasteiger partial charge in [0, 0.05) is 18.8 Å². The molecule has 1 aromatic rings. The van der Waals surface area contributed by atoms with E-state index in [1.807, 2.05) is 0 Å². The normalized spacial score (nSPS) is 11.3. The molecule has 0 fully saturated rings. The Morgan fingerprint density at radius 1 is 1.39 bits per heavy atom. The molecular formula is C12H15F3N2O. The molecule has 1 amide bonds. The highest BCUT2D eigenvalue weighted by Gasteiger charge is 2.33. The minimum atomic E-state index is -4.47. The van der Waals surface area contributed by atoms with Gasteiger partial charge < -0.3 is 10.6 Å². The zero-order valence-electron chi connectivity index (χ0n) is 10.00. The number of amides is 1. The molecule has 0 heterocycles. The number of benzene rings is 1. The SMILES string of the molecule is CCN(Cc1cccc(N)c1)C(=O)CC(F)(F)F. The van der Waals surface area contributed by atoms with E-state index < -0.39 is 18.5 Å². The Kier molecular flexibility index (Phi) is 4.58. The highest BCUT2D eigenvalue weighted by Crippen LogP contribution is 2.21. The van der Waals surface area contributed by atoms with E-state index in [0.29, 0.717) is 11.3 Å². The fourth-order valence-corrected chi connectivity index (χ4v) is 1.57. The first-order valence-electron chi connectivity index (χ1n) is 5.50. The van der Waals surface area contributed by atoms with Crippen LogP contribution in [-0.2, 0) is 11.3 Å². The van der Waals surface area contributed by atoms with Crippen LogP contribution in [0.3, 0.4) is 0 Å². The highest BCUT2D eigenvalue weighted by molar-refractivity contribution is 5.76. The number of halogens is 3. The van der Waals surface area contributed by atoms with Crippen molar-refractivity contribution in [2.75, 3.05) is 12.3 Å². The number of rotatable bonds is 4. The van der Waals surface area contributed by atoms with Gasteiger partial charge in [-0.15, -0.1) is 0 Å². The third-order valence-electron chi connectivity index (χ3n) is 2.41. The third-order valence-corrected chi connectivity index (χ3v) is 2.41. The Morgan fingerprint density at radius 3 is 2.56 bits per heavy atom. The summed E-state index contributed by atoms with van der Waals surface area (Å²) in [7, 11) is 0. The molecule has 0 unspecified atom stereocenters. The molecule has 0 aliphatic heterocycles. The quantitative estimate of drug-likeness (QED) is 0.846. The largest absolute Gasteiger partial charge is 0.399 e. The van der Waals surface area contributed by atoms with E-state index in [1.165, 1.54) is 0 Å². The van der Waals surface area contributed by atoms with Gasteiger partial charge in [0.05, 0.1) is 0 Å². The van der Waals surface area contributed by atoms with E-state index in [4.69, 9.17) is 5.73 Å². The van der Waals surface area contributed by atoms with Crippen molar-refractivity contribution in [3.63, 3.8) is 0 Å². The number of nitrogens with zero attached hydrogens (tertiary/aromatic N) is 1. The van der Waals surface area contributed by atoms with E-state index in [0.717, 1.165) is 4.90 Å². The molecule has 6 heteroatoms. The molecule has 3 nitrogen and oxygen atoms in total. The van der Waals surface area contributed by atoms with Crippen LogP contribution in [0.15, 0.2) is 24.3 Å². The van der Waals surface area contributed by atoms with Gasteiger partial charge >= 0.3 is 6.18 Å². The lowest BCUT2D eigenvalue weighted by atomic mass is 10.2. The predicted molar refractivity (Wildman–Crippen MR) is 62.6 cm³/mol. The van der Waals surface area contributed by atoms with E-state index >= 15 is 0 Å². The number of hydrogen-bond donors (Lipinski definition) is 1. The van der Waals surface area contributed by atoms with Gasteiger partial charge in [-0.05, 0) is 24.6 Å². The molecule has 100 valence electrons. The van der Waals surface area contributed by atoms with Gasteiger partial charge in [0.25, 0.3) is 0 Å². The average molecular weight is 260 g/mol. The summed E-state index contributed by atoms with van der Waals surface area (Å²) in [4.78, 5) is 12.6. The molecule has 18 heavy (non-hydrogen) atoms. The van der Waals surface area contributed by atoms with Gasteiger partial charge in [-0.3, -0.25) is 4.79 Å². The highest BCUT2D eigenvalue weighted by atomic mass is 19.4. The molecule has 0 atom stereocenters. The van der Waals surface area contributed by atoms with Crippen LogP contribution < -0.4 is 5.73 Å². The minimum Gasteiger partial charge on any atom is -0.399 e. The lowest BCUT2D eigenvalue weighted by Crippen LogP contribution is -2.33. The van der Waals surface area contributed by atoms with Crippen molar-refractivity contribution in [2.45, 2.75) is 26.1 Å². The molecule has 0 aliphatic rings. The number of carbonyl (C=O) groups is 1. The lowest BCUT2D eigenvalue weighted by molar-refractivity contribution is -0.161. The van der Waals surface area contributed by atoms with Crippen LogP contribution in [0.25, 0.3) is 0 Å². The van der Waals surface area contributed by atoms with Crippen LogP contribution in [0.2, 0.25) is 0 Å². The van der Waals surface area contributed by atoms with Gasteiger partial charge in [0.1, 0.15) is 6.42 Å². The van der Waals surface area contributed by atoms with Gasteiger partial charge in [0.2, 0.25) is 5.91 Å². The molecule has 1 aromatic carbocycles. The summed E-state index contributed by atoms with van der Waals surface area (Å²) in [6.07, 6.45) is -5.90. The van der Waals surface area contributed by atoms with Crippen LogP contribution in [0.4, 0.5) is 18.9 Å². The first kappa shape index (κ1) is 14.3. The second kappa shape index (κ2) is 5.75. The van der Waals surface area contributed by atoms with Crippen LogP contribution in [0, 0.1) is 0 Å². The van der Waals surface area contributed by atoms with E-state index in [-0.39, 0.29) is 13.1 Å². The molecule has 0 aromatic heterocycles. The van der Waals surface area contributed by atoms with Crippen LogP contribution in [-0.4, -0.2) is 23.5 Å². The van der Waals surface area contributed by atoms with Gasteiger partial charge in [0.15, 0.2) is 0 Å². The molecule has 0 aliphatic carbocycles. The summed E-state index contributed by atoms with van der Waals surface area (Å²) in [6, 6.07) is 6.74. The summed E-state index contributed by atoms with van der Waals surface area (Å²) in [5, 5.41) is 0. The molecule has 1 rings (SSSR count). The molecule has 0 saturated carbocycles. The topological polar surface area (TPSA) is 46.3 Å². The standard InChI is InChI=1S/C12H15F3N2O/c1-2-17(11(18)7-12(13,14)15)8-9-4-3-5-10(16)6-9/h3-6H,2,7-8,16H2,1H3. The minimum absolute atomic E-state index is 0.135. The fourth-order valence-electron chi connectivity index (χ4n) is 1.57. The maximum Gasteiger partial charge on any atom is 0.397 e. The Balaban J connectivity index is 2.70. The lowest BCUT2D eigenvalue weighted by Gasteiger charge is -2.21. The van der Waals surface area contributed by atoms with Gasteiger partial charge in [-0.1, -0.05) is 12.1 Å². The Morgan fingerprint density at radius 2 is 2.06 bits per heavy atom. The monoisotopic (exact) mass is 260 g/mol. The number of nitrogen functional groups attached to an aromatic ring is 1. The van der Waals surface area contributed by atoms with Crippen molar-refractivity contribution < 1.29 is 18.0 Å². The van der Waals surface area contributed by atoms with Gasteiger partial charge in [-0.25, -0.2) is 0 Å². The van der Waals surface area contributed by atoms with Gasteiger partial charge in [-0.2, -0.15) is 13.2 Å². The number of anilines is 1. The summed E-state index contributed by atoms with van der Waals surface area (Å²) >= 11 is 0. The zero-order chi connectivity index (χ0) is 13.8. The van der Waals surface area contributed by atoms with E-state index in [9.17, 15) is 18.0 Å². The summed E-state index contributed by atoms with van der Waals surface area (Å²) in [5.41, 5.74) is 6.81. The Labute approximate surface area is 103 Å². The fraction of sp³-hybridized carbons (Fsp3) is 0.417. The summed E-state index contributed by atoms with van der Waals surface area (Å²) in [5.74, 6) is -0.924. The van der Waals surface area contributed by atoms with E-state index in [1.54, 1.807) is 31.2 Å². The predicted octanol–water partition coefficient (Wildman–Crippen LogP) is 2.57. The van der Waals surface area contributed by atoms with Crippen molar-refractivity contribution in [1.82, 2.24) is 4.90 Å². The molecule has 0 bridgehead atoms.